The molecule has 1 amide bonds. The van der Waals surface area contributed by atoms with Crippen LogP contribution in [0.3, 0.4) is 0 Å². The molecule has 1 heterocycles. The van der Waals surface area contributed by atoms with E-state index in [1.807, 2.05) is 42.5 Å². The molecule has 35 heavy (non-hydrogen) atoms. The van der Waals surface area contributed by atoms with Crippen LogP contribution in [0.1, 0.15) is 31.1 Å². The van der Waals surface area contributed by atoms with Crippen LogP contribution in [0.4, 0.5) is 5.69 Å². The van der Waals surface area contributed by atoms with Crippen LogP contribution in [-0.4, -0.2) is 49.1 Å². The minimum Gasteiger partial charge on any atom is -0.324 e. The molecule has 0 saturated heterocycles. The maximum Gasteiger partial charge on any atom is 0.225 e. The van der Waals surface area contributed by atoms with Crippen LogP contribution < -0.4 is 5.32 Å². The van der Waals surface area contributed by atoms with E-state index in [0.29, 0.717) is 35.1 Å². The maximum atomic E-state index is 13.8. The number of carbonyl (C=O) groups is 1. The van der Waals surface area contributed by atoms with Gasteiger partial charge in [0.05, 0.1) is 5.69 Å². The Morgan fingerprint density at radius 3 is 2.49 bits per heavy atom. The minimum absolute atomic E-state index is 0.00424. The summed E-state index contributed by atoms with van der Waals surface area (Å²) in [6.45, 7) is 10.4. The van der Waals surface area contributed by atoms with Gasteiger partial charge in [-0.2, -0.15) is 5.10 Å². The van der Waals surface area contributed by atoms with E-state index in [1.165, 1.54) is 6.08 Å². The Hall–Kier alpha value is -3.49. The largest absolute Gasteiger partial charge is 0.324 e. The van der Waals surface area contributed by atoms with Gasteiger partial charge < -0.3 is 10.2 Å². The summed E-state index contributed by atoms with van der Waals surface area (Å²) in [5, 5.41) is 11.2. The first kappa shape index (κ1) is 24.6. The fraction of sp³-hybridized carbons (Fsp3) is 0.259. The van der Waals surface area contributed by atoms with E-state index in [-0.39, 0.29) is 10.9 Å². The van der Waals surface area contributed by atoms with Gasteiger partial charge in [0.25, 0.3) is 0 Å². The highest BCUT2D eigenvalue weighted by Crippen LogP contribution is 2.37. The summed E-state index contributed by atoms with van der Waals surface area (Å²) in [7, 11) is -3.91. The van der Waals surface area contributed by atoms with Gasteiger partial charge in [-0.15, -0.1) is 6.58 Å². The summed E-state index contributed by atoms with van der Waals surface area (Å²) in [5.74, 6) is -0.142. The molecule has 0 aliphatic rings. The second-order valence-electron chi connectivity index (χ2n) is 8.35. The molecule has 4 rings (SSSR count). The van der Waals surface area contributed by atoms with Gasteiger partial charge in [-0.25, -0.2) is 8.42 Å². The van der Waals surface area contributed by atoms with Crippen molar-refractivity contribution < 1.29 is 13.2 Å². The number of amides is 1. The predicted octanol–water partition coefficient (Wildman–Crippen LogP) is 5.09. The fourth-order valence-electron chi connectivity index (χ4n) is 4.39. The molecule has 3 aromatic carbocycles. The van der Waals surface area contributed by atoms with Crippen LogP contribution in [0.25, 0.3) is 21.7 Å². The van der Waals surface area contributed by atoms with Crippen LogP contribution in [-0.2, 0) is 14.6 Å². The Labute approximate surface area is 205 Å². The maximum absolute atomic E-state index is 13.8. The number of aromatic nitrogens is 2. The Morgan fingerprint density at radius 1 is 1.06 bits per heavy atom. The van der Waals surface area contributed by atoms with Crippen molar-refractivity contribution in [2.75, 3.05) is 25.0 Å². The summed E-state index contributed by atoms with van der Waals surface area (Å²) < 4.78 is 27.6. The first-order valence-electron chi connectivity index (χ1n) is 11.7. The highest BCUT2D eigenvalue weighted by Gasteiger charge is 2.31. The van der Waals surface area contributed by atoms with E-state index >= 15 is 0 Å². The molecule has 0 bridgehead atoms. The summed E-state index contributed by atoms with van der Waals surface area (Å²) >= 11 is 0. The molecule has 0 spiro atoms. The lowest BCUT2D eigenvalue weighted by molar-refractivity contribution is -0.116. The van der Waals surface area contributed by atoms with Crippen molar-refractivity contribution in [3.8, 4) is 0 Å². The van der Waals surface area contributed by atoms with Gasteiger partial charge in [0.15, 0.2) is 5.03 Å². The van der Waals surface area contributed by atoms with Crippen molar-refractivity contribution in [2.24, 2.45) is 0 Å². The normalized spacial score (nSPS) is 12.8. The number of carbonyl (C=O) groups excluding carboxylic acids is 1. The van der Waals surface area contributed by atoms with E-state index in [9.17, 15) is 13.2 Å². The molecule has 0 fully saturated rings. The zero-order chi connectivity index (χ0) is 25.0. The highest BCUT2D eigenvalue weighted by molar-refractivity contribution is 7.92. The molecule has 2 N–H and O–H groups in total. The number of rotatable bonds is 10. The summed E-state index contributed by atoms with van der Waals surface area (Å²) in [4.78, 5) is 14.7. The molecule has 1 aromatic heterocycles. The van der Waals surface area contributed by atoms with Crippen LogP contribution >= 0.6 is 0 Å². The number of aromatic amines is 1. The molecule has 0 radical (unpaired) electrons. The zero-order valence-corrected chi connectivity index (χ0v) is 20.8. The molecular weight excluding hydrogens is 460 g/mol. The number of para-hydroxylation sites is 1. The second kappa shape index (κ2) is 10.4. The van der Waals surface area contributed by atoms with Gasteiger partial charge >= 0.3 is 0 Å². The molecule has 0 aliphatic carbocycles. The van der Waals surface area contributed by atoms with Crippen LogP contribution in [0.2, 0.25) is 0 Å². The van der Waals surface area contributed by atoms with Gasteiger partial charge in [-0.05, 0) is 41.6 Å². The van der Waals surface area contributed by atoms with Gasteiger partial charge in [0.2, 0.25) is 15.7 Å². The number of nitrogens with one attached hydrogen (secondary N) is 2. The predicted molar refractivity (Wildman–Crippen MR) is 141 cm³/mol. The van der Waals surface area contributed by atoms with Gasteiger partial charge in [0, 0.05) is 18.4 Å². The Morgan fingerprint density at radius 2 is 1.74 bits per heavy atom. The van der Waals surface area contributed by atoms with E-state index in [1.54, 1.807) is 18.2 Å². The van der Waals surface area contributed by atoms with E-state index in [2.05, 4.69) is 40.8 Å². The standard InChI is InChI=1S/C27H30N4O3S/c1-4-24(21-14-9-12-19-11-7-8-13-20(19)21)35(33,34)27-22-15-10-16-23(26(22)29-30-27)28-25(32)17-18-31(5-2)6-3/h4,7-16,24H,1,5-6,17-18H2,2-3H3,(H,28,32)(H,29,30). The van der Waals surface area contributed by atoms with Crippen LogP contribution in [0, 0.1) is 0 Å². The fourth-order valence-corrected chi connectivity index (χ4v) is 6.08. The quantitative estimate of drug-likeness (QED) is 0.302. The number of hydrogen-bond acceptors (Lipinski definition) is 5. The van der Waals surface area contributed by atoms with Gasteiger partial charge in [0.1, 0.15) is 10.8 Å². The van der Waals surface area contributed by atoms with E-state index < -0.39 is 15.1 Å². The molecule has 1 unspecified atom stereocenters. The first-order chi connectivity index (χ1) is 16.9. The summed E-state index contributed by atoms with van der Waals surface area (Å²) in [6, 6.07) is 18.4. The first-order valence-corrected chi connectivity index (χ1v) is 13.3. The van der Waals surface area contributed by atoms with Crippen molar-refractivity contribution in [2.45, 2.75) is 30.5 Å². The third kappa shape index (κ3) is 4.85. The van der Waals surface area contributed by atoms with Crippen molar-refractivity contribution in [1.29, 1.82) is 0 Å². The minimum atomic E-state index is -3.91. The third-order valence-corrected chi connectivity index (χ3v) is 8.33. The number of fused-ring (bicyclic) bond motifs is 2. The Balaban J connectivity index is 1.68. The van der Waals surface area contributed by atoms with Crippen molar-refractivity contribution in [1.82, 2.24) is 15.1 Å². The van der Waals surface area contributed by atoms with E-state index in [4.69, 9.17) is 0 Å². The van der Waals surface area contributed by atoms with Crippen molar-refractivity contribution in [3.63, 3.8) is 0 Å². The van der Waals surface area contributed by atoms with Crippen molar-refractivity contribution in [3.05, 3.63) is 78.9 Å². The Bertz CT molecular complexity index is 1470. The number of nitrogens with zero attached hydrogens (tertiary/aromatic N) is 2. The van der Waals surface area contributed by atoms with E-state index in [0.717, 1.165) is 23.9 Å². The third-order valence-electron chi connectivity index (χ3n) is 6.34. The number of H-pyrrole nitrogens is 1. The summed E-state index contributed by atoms with van der Waals surface area (Å²) in [6.07, 6.45) is 1.79. The molecule has 0 saturated carbocycles. The lowest BCUT2D eigenvalue weighted by Crippen LogP contribution is -2.27. The summed E-state index contributed by atoms with van der Waals surface area (Å²) in [5.41, 5.74) is 1.54. The smallest absolute Gasteiger partial charge is 0.225 e. The zero-order valence-electron chi connectivity index (χ0n) is 20.0. The second-order valence-corrected chi connectivity index (χ2v) is 10.4. The molecule has 0 aliphatic heterocycles. The van der Waals surface area contributed by atoms with Crippen LogP contribution in [0.5, 0.6) is 0 Å². The monoisotopic (exact) mass is 490 g/mol. The molecule has 8 heteroatoms. The van der Waals surface area contributed by atoms with Gasteiger partial charge in [-0.3, -0.25) is 9.89 Å². The van der Waals surface area contributed by atoms with Crippen molar-refractivity contribution >= 4 is 43.1 Å². The molecule has 1 atom stereocenters. The lowest BCUT2D eigenvalue weighted by atomic mass is 10.0. The SMILES string of the molecule is C=CC(c1cccc2ccccc12)S(=O)(=O)c1[nH]nc2c(NC(=O)CCN(CC)CC)cccc12. The number of hydrogen-bond donors (Lipinski definition) is 2. The lowest BCUT2D eigenvalue weighted by Gasteiger charge is -2.17. The average Bonchev–Trinajstić information content (AvgIpc) is 3.31. The molecule has 182 valence electrons. The van der Waals surface area contributed by atoms with Gasteiger partial charge in [-0.1, -0.05) is 68.5 Å². The molecule has 4 aromatic rings. The topological polar surface area (TPSA) is 95.2 Å². The molecular formula is C27H30N4O3S. The average molecular weight is 491 g/mol. The number of anilines is 1. The number of benzene rings is 3. The van der Waals surface area contributed by atoms with Crippen LogP contribution in [0.15, 0.2) is 78.3 Å². The molecule has 7 nitrogen and oxygen atoms in total. The Kier molecular flexibility index (Phi) is 7.33. The highest BCUT2D eigenvalue weighted by atomic mass is 32.2. The number of sulfone groups is 1.